The molecule has 0 spiro atoms. The van der Waals surface area contributed by atoms with E-state index in [1.54, 1.807) is 45.1 Å². The number of thioether (sulfide) groups is 3. The molecule has 1 aliphatic carbocycles. The molecule has 3 aliphatic heterocycles. The van der Waals surface area contributed by atoms with Crippen molar-refractivity contribution in [2.24, 2.45) is 58.1 Å². The molecule has 46 nitrogen and oxygen atoms in total. The number of carbonyl (C=O) groups excluding carboxylic acids is 15. The van der Waals surface area contributed by atoms with Gasteiger partial charge in [-0.1, -0.05) is 77.7 Å². The Morgan fingerprint density at radius 1 is 0.592 bits per heavy atom. The van der Waals surface area contributed by atoms with Gasteiger partial charge in [-0.05, 0) is 133 Å². The van der Waals surface area contributed by atoms with E-state index in [1.807, 2.05) is 19.9 Å². The van der Waals surface area contributed by atoms with Gasteiger partial charge in [0.05, 0.1) is 41.6 Å². The molecule has 19 N–H and O–H groups in total. The number of aliphatic carboxylic acids is 5. The van der Waals surface area contributed by atoms with Crippen LogP contribution >= 0.6 is 35.3 Å². The lowest BCUT2D eigenvalue weighted by atomic mass is 9.78. The van der Waals surface area contributed by atoms with Crippen LogP contribution in [0, 0.1) is 40.9 Å². The number of nitrogens with two attached hydrogens (primary N) is 3. The average molecular weight is 2070 g/mol. The van der Waals surface area contributed by atoms with E-state index < -0.39 is 325 Å². The summed E-state index contributed by atoms with van der Waals surface area (Å²) in [5.41, 5.74) is 15.6. The second-order valence-corrected chi connectivity index (χ2v) is 39.2. The summed E-state index contributed by atoms with van der Waals surface area (Å²) in [5.74, 6) is -32.0. The minimum Gasteiger partial charge on any atom is -0.511 e. The fourth-order valence-corrected chi connectivity index (χ4v) is 18.3. The SMILES string of the molecule is C=C(O)[C@@H](N)CCC(=O)N[C@@H](CSCC(=O)OCC(C)(COC(=O)CSC[C@H](NC(=O)CC[C@H](N)C(=O)O)C(=O)NCC(=O)O)C(=O)O[C@@H]1CC[C@@H](C[C@@H](C)[C@@H]2CC(=O)[C@H](C)/C=C(\C)[C@@H](OC(=O)CSC[C@H](NC(=O)CC[C@H](N)C(=O)O)C(=O)NCC(=O)O)[C@@H](OC)C(=O)[C@H](C)C[C@H](C)/C=C/C=C/C=C(\C)[C@@H](OC)C[C@@H]3CC[C@@H](C)[C@@](O)(O3)C(=O)C(=O)N3CCCC[C@H]3C(=O)O2)C[C@H]1OC)C(=O)NCC(=O)O. The van der Waals surface area contributed by atoms with Gasteiger partial charge in [0.1, 0.15) is 98.3 Å². The number of aliphatic hydroxyl groups excluding tert-OH is 1. The Labute approximate surface area is 835 Å². The molecule has 0 aromatic heterocycles. The number of carboxylic acids is 5. The highest BCUT2D eigenvalue weighted by atomic mass is 32.2. The summed E-state index contributed by atoms with van der Waals surface area (Å²) < 4.78 is 54.1. The summed E-state index contributed by atoms with van der Waals surface area (Å²) >= 11 is 2.17. The van der Waals surface area contributed by atoms with Crippen molar-refractivity contribution in [3.63, 3.8) is 0 Å². The third-order valence-electron chi connectivity index (χ3n) is 24.4. The Kier molecular flexibility index (Phi) is 54.0. The molecule has 796 valence electrons. The Balaban J connectivity index is 1.81. The Bertz CT molecular complexity index is 4440. The standard InChI is InChI=1S/C93H140N10O36S3/c1-49-18-14-13-15-19-50(2)68(131-10)36-58-23-21-55(7)93(130,139-58)83(119)87(123)103-31-17-16-20-65(103)90(128)136-69(37-66(105)51(3)33-54(6)81(82(133-12)80(118)53(5)32-49)138-79(117)46-142-43-64(86(122)99-40-76(113)114)102-73(108)30-26-61(96)89(126)127)52(4)34-57-22-27-67(70(35-57)132-11)137-91(129)92(9,47-134-77(115)44-140-41-62(84(120)97-38-74(109)110)100-71(106)28-24-59(94)56(8)104)48-135-78(116)45-141-42-63(85(121)98-39-75(111)112)101-72(107)29-25-60(95)88(124)125/h13-15,18-19,33,49,51-53,55,57-65,67-70,81-82,104,130H,8,16-17,20-32,34-48,94-96H2,1-7,9-12H3,(H,97,120)(H,98,121)(H,99,122)(H,100,106)(H,101,107)(H,102,108)(H,109,110)(H,111,112)(H,113,114)(H,124,125)(H,126,127)/b15-13+,18-14+,50-19+,54-33+/t49-,51-,52-,53-,55-,57+,58+,59+,60+,61+,62+,63+,64+,65+,67-,68+,69+,70-,81-,82+,92?,93-/m1/s1. The predicted molar refractivity (Wildman–Crippen MR) is 511 cm³/mol. The lowest BCUT2D eigenvalue weighted by Crippen LogP contribution is -2.61. The molecule has 3 fully saturated rings. The summed E-state index contributed by atoms with van der Waals surface area (Å²) in [5, 5.41) is 81.9. The molecule has 2 saturated heterocycles. The zero-order valence-electron chi connectivity index (χ0n) is 81.8. The summed E-state index contributed by atoms with van der Waals surface area (Å²) in [6, 6.07) is -9.86. The number of ether oxygens (including phenoxy) is 9. The van der Waals surface area contributed by atoms with Gasteiger partial charge < -0.3 is 132 Å². The molecule has 0 radical (unpaired) electrons. The van der Waals surface area contributed by atoms with Gasteiger partial charge in [0, 0.05) is 95.0 Å². The number of piperidine rings is 1. The van der Waals surface area contributed by atoms with Gasteiger partial charge in [-0.25, -0.2) is 4.79 Å². The van der Waals surface area contributed by atoms with Crippen LogP contribution in [-0.4, -0.2) is 345 Å². The zero-order chi connectivity index (χ0) is 107. The Morgan fingerprint density at radius 2 is 1.09 bits per heavy atom. The maximum atomic E-state index is 15.3. The second kappa shape index (κ2) is 62.0. The molecular formula is C93H140N10O36S3. The molecule has 22 atom stereocenters. The molecule has 7 amide bonds. The highest BCUT2D eigenvalue weighted by Crippen LogP contribution is 2.40. The lowest BCUT2D eigenvalue weighted by Gasteiger charge is -2.42. The van der Waals surface area contributed by atoms with Crippen LogP contribution in [0.1, 0.15) is 171 Å². The van der Waals surface area contributed by atoms with Crippen LogP contribution in [0.4, 0.5) is 0 Å². The number of allylic oxidation sites excluding steroid dienone is 6. The van der Waals surface area contributed by atoms with Gasteiger partial charge in [0.2, 0.25) is 41.2 Å². The number of carbonyl (C=O) groups is 20. The second-order valence-electron chi connectivity index (χ2n) is 36.2. The van der Waals surface area contributed by atoms with Crippen LogP contribution in [0.25, 0.3) is 0 Å². The van der Waals surface area contributed by atoms with Crippen molar-refractivity contribution in [1.82, 2.24) is 36.8 Å². The summed E-state index contributed by atoms with van der Waals surface area (Å²) in [4.78, 5) is 268. The van der Waals surface area contributed by atoms with E-state index in [0.717, 1.165) is 34.0 Å². The van der Waals surface area contributed by atoms with Crippen LogP contribution in [-0.2, 0) is 139 Å². The van der Waals surface area contributed by atoms with Crippen molar-refractivity contribution in [2.45, 2.75) is 262 Å². The maximum absolute atomic E-state index is 15.3. The van der Waals surface area contributed by atoms with E-state index in [9.17, 15) is 122 Å². The van der Waals surface area contributed by atoms with E-state index in [4.69, 9.17) is 59.8 Å². The first kappa shape index (κ1) is 124. The number of Topliss-reactive ketones (excluding diaryl/α,β-unsaturated/α-hetero) is 3. The van der Waals surface area contributed by atoms with E-state index in [1.165, 1.54) is 48.2 Å². The number of rotatable bonds is 49. The molecule has 0 aromatic carbocycles. The fraction of sp³-hybridized carbons (Fsp3) is 0.677. The first-order valence-electron chi connectivity index (χ1n) is 46.5. The summed E-state index contributed by atoms with van der Waals surface area (Å²) in [6.45, 7) is 11.5. The predicted octanol–water partition coefficient (Wildman–Crippen LogP) is 1.19. The largest absolute Gasteiger partial charge is 0.511 e. The van der Waals surface area contributed by atoms with E-state index in [-0.39, 0.29) is 107 Å². The summed E-state index contributed by atoms with van der Waals surface area (Å²) in [6.07, 6.45) is 1.68. The molecule has 1 unspecified atom stereocenters. The van der Waals surface area contributed by atoms with Crippen LogP contribution in [0.5, 0.6) is 0 Å². The van der Waals surface area contributed by atoms with Gasteiger partial charge in [0.15, 0.2) is 18.0 Å². The third kappa shape index (κ3) is 42.6. The van der Waals surface area contributed by atoms with Crippen molar-refractivity contribution in [1.29, 1.82) is 0 Å². The minimum atomic E-state index is -2.67. The number of nitrogens with one attached hydrogen (secondary N) is 6. The van der Waals surface area contributed by atoms with E-state index in [0.29, 0.717) is 31.0 Å². The van der Waals surface area contributed by atoms with Crippen molar-refractivity contribution >= 4 is 154 Å². The lowest BCUT2D eigenvalue weighted by molar-refractivity contribution is -0.265. The monoisotopic (exact) mass is 2070 g/mol. The average Bonchev–Trinajstić information content (AvgIpc) is 0.768. The third-order valence-corrected chi connectivity index (χ3v) is 27.4. The molecule has 142 heavy (non-hydrogen) atoms. The number of ketones is 3. The van der Waals surface area contributed by atoms with E-state index >= 15 is 9.59 Å². The van der Waals surface area contributed by atoms with Crippen LogP contribution in [0.2, 0.25) is 0 Å². The normalized spacial score (nSPS) is 26.1. The molecule has 49 heteroatoms. The van der Waals surface area contributed by atoms with Gasteiger partial charge in [0.25, 0.3) is 11.7 Å². The van der Waals surface area contributed by atoms with Gasteiger partial charge in [-0.15, -0.1) is 35.3 Å². The topological polar surface area (TPSA) is 720 Å². The molecule has 1 saturated carbocycles. The Morgan fingerprint density at radius 3 is 1.56 bits per heavy atom. The highest BCUT2D eigenvalue weighted by molar-refractivity contribution is 8.00. The fourth-order valence-electron chi connectivity index (χ4n) is 15.8. The Hall–Kier alpha value is -10.8. The van der Waals surface area contributed by atoms with Crippen LogP contribution in [0.15, 0.2) is 59.9 Å². The van der Waals surface area contributed by atoms with Crippen LogP contribution < -0.4 is 49.1 Å². The number of fused-ring (bicyclic) bond motifs is 3. The van der Waals surface area contributed by atoms with Gasteiger partial charge in [-0.2, -0.15) is 0 Å². The number of esters is 5. The first-order valence-corrected chi connectivity index (χ1v) is 50.0. The molecule has 3 heterocycles. The van der Waals surface area contributed by atoms with Gasteiger partial charge in [-0.3, -0.25) is 91.1 Å². The summed E-state index contributed by atoms with van der Waals surface area (Å²) in [7, 11) is 4.00. The number of hydrogen-bond acceptors (Lipinski definition) is 37. The number of amides is 7. The molecule has 0 aromatic rings. The van der Waals surface area contributed by atoms with Crippen molar-refractivity contribution in [3.05, 3.63) is 59.9 Å². The van der Waals surface area contributed by atoms with Gasteiger partial charge >= 0.3 is 59.7 Å². The first-order chi connectivity index (χ1) is 66.8. The number of methoxy groups -OCH3 is 3. The number of carboxylic acid groups (broad SMARTS) is 5. The maximum Gasteiger partial charge on any atom is 0.329 e. The number of aliphatic hydroxyl groups is 2. The molecular weight excluding hydrogens is 1930 g/mol. The number of hydrogen-bond donors (Lipinski definition) is 16. The van der Waals surface area contributed by atoms with Crippen LogP contribution in [0.3, 0.4) is 0 Å². The smallest absolute Gasteiger partial charge is 0.329 e. The van der Waals surface area contributed by atoms with Crippen molar-refractivity contribution in [3.8, 4) is 0 Å². The minimum absolute atomic E-state index is 0.0203. The highest BCUT2D eigenvalue weighted by Gasteiger charge is 2.54. The van der Waals surface area contributed by atoms with E-state index in [2.05, 4.69) is 38.5 Å². The zero-order valence-corrected chi connectivity index (χ0v) is 84.3. The van der Waals surface area contributed by atoms with Crippen molar-refractivity contribution < 1.29 is 174 Å². The molecule has 4 rings (SSSR count). The molecule has 4 aliphatic rings. The number of nitrogens with zero attached hydrogens (tertiary/aromatic N) is 1. The number of cyclic esters (lactones) is 1. The quantitative estimate of drug-likeness (QED) is 0.0134. The van der Waals surface area contributed by atoms with Crippen molar-refractivity contribution in [2.75, 3.05) is 95.2 Å². The molecule has 2 bridgehead atoms.